The van der Waals surface area contributed by atoms with Gasteiger partial charge in [0.2, 0.25) is 5.91 Å². The predicted molar refractivity (Wildman–Crippen MR) is 120 cm³/mol. The molecule has 4 rings (SSSR count). The highest BCUT2D eigenvalue weighted by molar-refractivity contribution is 8.00. The second kappa shape index (κ2) is 7.87. The van der Waals surface area contributed by atoms with Crippen LogP contribution in [0.3, 0.4) is 0 Å². The highest BCUT2D eigenvalue weighted by atomic mass is 32.2. The summed E-state index contributed by atoms with van der Waals surface area (Å²) in [4.78, 5) is 13.0. The molecule has 2 heterocycles. The third-order valence-corrected chi connectivity index (χ3v) is 6.43. The number of carbonyl (C=O) groups is 1. The van der Waals surface area contributed by atoms with E-state index in [1.165, 1.54) is 17.3 Å². The number of hydrogen-bond acceptors (Lipinski definition) is 4. The van der Waals surface area contributed by atoms with E-state index in [-0.39, 0.29) is 11.2 Å². The minimum Gasteiger partial charge on any atom is -0.325 e. The van der Waals surface area contributed by atoms with E-state index in [9.17, 15) is 4.79 Å². The number of aromatic nitrogens is 3. The molecule has 0 saturated carbocycles. The van der Waals surface area contributed by atoms with Gasteiger partial charge in [-0.3, -0.25) is 9.20 Å². The lowest BCUT2D eigenvalue weighted by Gasteiger charge is -2.16. The number of fused-ring (bicyclic) bond motifs is 3. The number of para-hydroxylation sites is 1. The molecule has 148 valence electrons. The van der Waals surface area contributed by atoms with Crippen LogP contribution in [0.1, 0.15) is 30.0 Å². The van der Waals surface area contributed by atoms with Crippen molar-refractivity contribution >= 4 is 39.9 Å². The molecule has 1 N–H and O–H groups in total. The third-order valence-electron chi connectivity index (χ3n) is 5.12. The van der Waals surface area contributed by atoms with Gasteiger partial charge >= 0.3 is 0 Å². The number of nitrogens with zero attached hydrogens (tertiary/aromatic N) is 3. The van der Waals surface area contributed by atoms with Crippen molar-refractivity contribution in [3.63, 3.8) is 0 Å². The summed E-state index contributed by atoms with van der Waals surface area (Å²) in [6.07, 6.45) is 0.695. The first-order valence-electron chi connectivity index (χ1n) is 9.76. The van der Waals surface area contributed by atoms with E-state index in [0.717, 1.165) is 38.5 Å². The molecule has 2 aromatic carbocycles. The van der Waals surface area contributed by atoms with Crippen molar-refractivity contribution < 1.29 is 4.79 Å². The number of hydrogen-bond donors (Lipinski definition) is 1. The molecule has 4 aromatic rings. The summed E-state index contributed by atoms with van der Waals surface area (Å²) in [5.74, 6) is -0.0161. The number of nitrogens with one attached hydrogen (secondary N) is 1. The Kier molecular flexibility index (Phi) is 5.28. The summed E-state index contributed by atoms with van der Waals surface area (Å²) in [6.45, 7) is 8.16. The molecule has 0 aliphatic rings. The Morgan fingerprint density at radius 2 is 1.86 bits per heavy atom. The van der Waals surface area contributed by atoms with Crippen LogP contribution >= 0.6 is 11.8 Å². The maximum Gasteiger partial charge on any atom is 0.237 e. The second-order valence-electron chi connectivity index (χ2n) is 7.34. The Labute approximate surface area is 174 Å². The van der Waals surface area contributed by atoms with E-state index >= 15 is 0 Å². The van der Waals surface area contributed by atoms with E-state index in [1.54, 1.807) is 0 Å². The number of anilines is 1. The lowest BCUT2D eigenvalue weighted by atomic mass is 10.1. The molecule has 0 spiro atoms. The summed E-state index contributed by atoms with van der Waals surface area (Å²) in [5.41, 5.74) is 6.11. The Balaban J connectivity index is 1.66. The third kappa shape index (κ3) is 3.72. The Hall–Kier alpha value is -2.86. The van der Waals surface area contributed by atoms with Crippen LogP contribution in [0.15, 0.2) is 53.7 Å². The minimum atomic E-state index is -0.261. The molecule has 0 saturated heterocycles. The highest BCUT2D eigenvalue weighted by Crippen LogP contribution is 2.30. The fourth-order valence-electron chi connectivity index (χ4n) is 3.57. The molecule has 0 aliphatic heterocycles. The van der Waals surface area contributed by atoms with Crippen molar-refractivity contribution in [2.45, 2.75) is 44.5 Å². The van der Waals surface area contributed by atoms with Crippen LogP contribution in [0.2, 0.25) is 0 Å². The number of thioether (sulfide) groups is 1. The van der Waals surface area contributed by atoms with Crippen molar-refractivity contribution in [2.24, 2.45) is 0 Å². The van der Waals surface area contributed by atoms with Crippen molar-refractivity contribution in [2.75, 3.05) is 5.32 Å². The number of rotatable bonds is 5. The molecule has 29 heavy (non-hydrogen) atoms. The SMILES string of the molecule is CCC(Sc1nnc2cc(C)c3ccccc3n12)C(=O)Nc1ccc(C)cc1C. The van der Waals surface area contributed by atoms with Crippen molar-refractivity contribution in [3.8, 4) is 0 Å². The minimum absolute atomic E-state index is 0.0161. The number of pyridine rings is 1. The molecule has 0 aliphatic carbocycles. The van der Waals surface area contributed by atoms with E-state index in [4.69, 9.17) is 0 Å². The average Bonchev–Trinajstić information content (AvgIpc) is 3.11. The lowest BCUT2D eigenvalue weighted by molar-refractivity contribution is -0.115. The maximum atomic E-state index is 13.0. The second-order valence-corrected chi connectivity index (χ2v) is 8.51. The van der Waals surface area contributed by atoms with E-state index in [0.29, 0.717) is 6.42 Å². The van der Waals surface area contributed by atoms with Crippen LogP contribution < -0.4 is 5.32 Å². The highest BCUT2D eigenvalue weighted by Gasteiger charge is 2.22. The van der Waals surface area contributed by atoms with Gasteiger partial charge in [-0.2, -0.15) is 0 Å². The zero-order valence-electron chi connectivity index (χ0n) is 17.1. The van der Waals surface area contributed by atoms with Crippen LogP contribution in [0.4, 0.5) is 5.69 Å². The van der Waals surface area contributed by atoms with Gasteiger partial charge in [-0.1, -0.05) is 54.6 Å². The quantitative estimate of drug-likeness (QED) is 0.458. The molecule has 2 aromatic heterocycles. The van der Waals surface area contributed by atoms with Crippen molar-refractivity contribution in [3.05, 3.63) is 65.2 Å². The molecular weight excluding hydrogens is 380 g/mol. The van der Waals surface area contributed by atoms with E-state index in [2.05, 4.69) is 40.6 Å². The molecule has 5 nitrogen and oxygen atoms in total. The molecule has 0 bridgehead atoms. The summed E-state index contributed by atoms with van der Waals surface area (Å²) in [7, 11) is 0. The van der Waals surface area contributed by atoms with Crippen molar-refractivity contribution in [1.82, 2.24) is 14.6 Å². The normalized spacial score (nSPS) is 12.4. The van der Waals surface area contributed by atoms with Gasteiger partial charge in [0.1, 0.15) is 0 Å². The Morgan fingerprint density at radius 3 is 2.62 bits per heavy atom. The van der Waals surface area contributed by atoms with Crippen molar-refractivity contribution in [1.29, 1.82) is 0 Å². The van der Waals surface area contributed by atoms with Gasteiger partial charge in [0.15, 0.2) is 10.8 Å². The summed E-state index contributed by atoms with van der Waals surface area (Å²) in [5, 5.41) is 13.4. The lowest BCUT2D eigenvalue weighted by Crippen LogP contribution is -2.25. The predicted octanol–water partition coefficient (Wildman–Crippen LogP) is 5.32. The maximum absolute atomic E-state index is 13.0. The standard InChI is InChI=1S/C23H24N4OS/c1-5-20(22(28)24-18-11-10-14(2)12-16(18)4)29-23-26-25-21-13-15(3)17-8-6-7-9-19(17)27(21)23/h6-13,20H,5H2,1-4H3,(H,24,28). The monoisotopic (exact) mass is 404 g/mol. The van der Waals surface area contributed by atoms with Crippen LogP contribution in [0.5, 0.6) is 0 Å². The molecule has 1 atom stereocenters. The zero-order chi connectivity index (χ0) is 20.5. The van der Waals surface area contributed by atoms with Crippen LogP contribution in [0.25, 0.3) is 16.6 Å². The smallest absolute Gasteiger partial charge is 0.237 e. The number of aryl methyl sites for hydroxylation is 3. The zero-order valence-corrected chi connectivity index (χ0v) is 17.9. The van der Waals surface area contributed by atoms with Gasteiger partial charge in [0.25, 0.3) is 0 Å². The molecule has 6 heteroatoms. The van der Waals surface area contributed by atoms with Gasteiger partial charge in [-0.25, -0.2) is 0 Å². The fourth-order valence-corrected chi connectivity index (χ4v) is 4.54. The van der Waals surface area contributed by atoms with Crippen LogP contribution in [0, 0.1) is 20.8 Å². The van der Waals surface area contributed by atoms with Gasteiger partial charge in [-0.05, 0) is 56.5 Å². The first-order chi connectivity index (χ1) is 14.0. The first kappa shape index (κ1) is 19.5. The van der Waals surface area contributed by atoms with Gasteiger partial charge in [-0.15, -0.1) is 10.2 Å². The van der Waals surface area contributed by atoms with Gasteiger partial charge < -0.3 is 5.32 Å². The summed E-state index contributed by atoms with van der Waals surface area (Å²) >= 11 is 1.46. The molecule has 0 fully saturated rings. The Morgan fingerprint density at radius 1 is 1.07 bits per heavy atom. The molecule has 1 unspecified atom stereocenters. The van der Waals surface area contributed by atoms with Crippen LogP contribution in [-0.2, 0) is 4.79 Å². The first-order valence-corrected chi connectivity index (χ1v) is 10.6. The van der Waals surface area contributed by atoms with Gasteiger partial charge in [0, 0.05) is 11.1 Å². The van der Waals surface area contributed by atoms with Crippen LogP contribution in [-0.4, -0.2) is 25.8 Å². The van der Waals surface area contributed by atoms with E-state index < -0.39 is 0 Å². The summed E-state index contributed by atoms with van der Waals surface area (Å²) in [6, 6.07) is 16.3. The number of benzene rings is 2. The average molecular weight is 405 g/mol. The Bertz CT molecular complexity index is 1210. The summed E-state index contributed by atoms with van der Waals surface area (Å²) < 4.78 is 2.04. The largest absolute Gasteiger partial charge is 0.325 e. The molecular formula is C23H24N4OS. The number of amides is 1. The topological polar surface area (TPSA) is 59.3 Å². The molecule has 0 radical (unpaired) electrons. The fraction of sp³-hybridized carbons (Fsp3) is 0.261. The van der Waals surface area contributed by atoms with Gasteiger partial charge in [0.05, 0.1) is 10.8 Å². The molecule has 1 amide bonds. The number of carbonyl (C=O) groups excluding carboxylic acids is 1. The van der Waals surface area contributed by atoms with E-state index in [1.807, 2.05) is 55.5 Å².